The van der Waals surface area contributed by atoms with E-state index in [1.165, 1.54) is 0 Å². The highest BCUT2D eigenvalue weighted by molar-refractivity contribution is 5.73. The van der Waals surface area contributed by atoms with E-state index in [0.717, 1.165) is 25.9 Å². The highest BCUT2D eigenvalue weighted by Crippen LogP contribution is 2.28. The van der Waals surface area contributed by atoms with Gasteiger partial charge in [-0.2, -0.15) is 0 Å². The van der Waals surface area contributed by atoms with Crippen LogP contribution < -0.4 is 5.32 Å². The van der Waals surface area contributed by atoms with E-state index in [-0.39, 0.29) is 29.7 Å². The average molecular weight is 227 g/mol. The van der Waals surface area contributed by atoms with E-state index in [9.17, 15) is 4.79 Å². The molecule has 3 atom stereocenters. The van der Waals surface area contributed by atoms with Crippen LogP contribution in [0.3, 0.4) is 0 Å². The summed E-state index contributed by atoms with van der Waals surface area (Å²) in [4.78, 5) is 11.9. The minimum absolute atomic E-state index is 0.0186. The number of hydrogen-bond donors (Lipinski definition) is 1. The molecule has 2 bridgehead atoms. The highest BCUT2D eigenvalue weighted by Gasteiger charge is 2.37. The maximum Gasteiger partial charge on any atom is 0.309 e. The van der Waals surface area contributed by atoms with Gasteiger partial charge < -0.3 is 14.8 Å². The fourth-order valence-corrected chi connectivity index (χ4v) is 2.36. The zero-order valence-electron chi connectivity index (χ0n) is 10.3. The van der Waals surface area contributed by atoms with E-state index >= 15 is 0 Å². The van der Waals surface area contributed by atoms with Crippen LogP contribution >= 0.6 is 0 Å². The summed E-state index contributed by atoms with van der Waals surface area (Å²) in [6, 6.07) is 0. The van der Waals surface area contributed by atoms with Gasteiger partial charge in [-0.3, -0.25) is 4.79 Å². The van der Waals surface area contributed by atoms with Crippen molar-refractivity contribution in [3.8, 4) is 0 Å². The van der Waals surface area contributed by atoms with Gasteiger partial charge >= 0.3 is 5.97 Å². The van der Waals surface area contributed by atoms with Crippen molar-refractivity contribution in [2.24, 2.45) is 5.92 Å². The van der Waals surface area contributed by atoms with Gasteiger partial charge in [-0.15, -0.1) is 0 Å². The molecule has 0 spiro atoms. The highest BCUT2D eigenvalue weighted by atomic mass is 16.6. The van der Waals surface area contributed by atoms with Crippen molar-refractivity contribution in [2.75, 3.05) is 13.1 Å². The van der Waals surface area contributed by atoms with Gasteiger partial charge in [-0.05, 0) is 33.6 Å². The molecule has 4 heteroatoms. The number of fused-ring (bicyclic) bond motifs is 2. The Morgan fingerprint density at radius 2 is 1.81 bits per heavy atom. The molecule has 0 radical (unpaired) electrons. The van der Waals surface area contributed by atoms with Crippen molar-refractivity contribution in [1.29, 1.82) is 0 Å². The summed E-state index contributed by atoms with van der Waals surface area (Å²) in [5.41, 5.74) is -0.386. The van der Waals surface area contributed by atoms with Crippen molar-refractivity contribution in [3.05, 3.63) is 0 Å². The molecule has 2 saturated heterocycles. The molecule has 16 heavy (non-hydrogen) atoms. The summed E-state index contributed by atoms with van der Waals surface area (Å²) in [6.07, 6.45) is 1.95. The normalized spacial score (nSPS) is 34.6. The lowest BCUT2D eigenvalue weighted by molar-refractivity contribution is -0.170. The van der Waals surface area contributed by atoms with Crippen LogP contribution in [0.25, 0.3) is 0 Å². The second-order valence-electron chi connectivity index (χ2n) is 5.74. The Bertz CT molecular complexity index is 260. The minimum atomic E-state index is -0.386. The molecule has 4 nitrogen and oxygen atoms in total. The molecule has 0 aliphatic carbocycles. The Kier molecular flexibility index (Phi) is 3.22. The summed E-state index contributed by atoms with van der Waals surface area (Å²) >= 11 is 0. The van der Waals surface area contributed by atoms with E-state index in [1.807, 2.05) is 20.8 Å². The second kappa shape index (κ2) is 4.34. The lowest BCUT2D eigenvalue weighted by Gasteiger charge is -2.39. The molecule has 0 amide bonds. The Balaban J connectivity index is 1.92. The number of hydrogen-bond acceptors (Lipinski definition) is 4. The van der Waals surface area contributed by atoms with E-state index in [0.29, 0.717) is 0 Å². The lowest BCUT2D eigenvalue weighted by atomic mass is 9.89. The average Bonchev–Trinajstić information content (AvgIpc) is 2.14. The molecule has 0 aromatic rings. The van der Waals surface area contributed by atoms with Crippen LogP contribution in [0.4, 0.5) is 0 Å². The first kappa shape index (κ1) is 11.9. The smallest absolute Gasteiger partial charge is 0.309 e. The molecule has 0 aromatic heterocycles. The van der Waals surface area contributed by atoms with Crippen LogP contribution in [0, 0.1) is 5.92 Å². The standard InChI is InChI=1S/C12H21NO3/c1-12(2,3)16-11(14)8-4-9-6-13-7-10(5-8)15-9/h8-10,13H,4-7H2,1-3H3/t8?,9-,10+. The molecule has 2 aliphatic rings. The largest absolute Gasteiger partial charge is 0.460 e. The van der Waals surface area contributed by atoms with Crippen LogP contribution in [0.2, 0.25) is 0 Å². The van der Waals surface area contributed by atoms with Crippen molar-refractivity contribution in [2.45, 2.75) is 51.4 Å². The molecule has 92 valence electrons. The zero-order valence-corrected chi connectivity index (χ0v) is 10.3. The molecule has 2 fully saturated rings. The summed E-state index contributed by atoms with van der Waals surface area (Å²) in [6.45, 7) is 7.44. The number of carbonyl (C=O) groups is 1. The van der Waals surface area contributed by atoms with E-state index in [4.69, 9.17) is 9.47 Å². The van der Waals surface area contributed by atoms with Crippen LogP contribution in [-0.4, -0.2) is 36.9 Å². The van der Waals surface area contributed by atoms with Crippen molar-refractivity contribution < 1.29 is 14.3 Å². The number of carbonyl (C=O) groups excluding carboxylic acids is 1. The van der Waals surface area contributed by atoms with Crippen LogP contribution in [0.1, 0.15) is 33.6 Å². The first-order valence-electron chi connectivity index (χ1n) is 6.03. The molecular formula is C12H21NO3. The first-order valence-corrected chi connectivity index (χ1v) is 6.03. The maximum atomic E-state index is 11.9. The molecule has 0 aromatic carbocycles. The van der Waals surface area contributed by atoms with Gasteiger partial charge in [0.25, 0.3) is 0 Å². The minimum Gasteiger partial charge on any atom is -0.460 e. The van der Waals surface area contributed by atoms with Gasteiger partial charge in [-0.25, -0.2) is 0 Å². The van der Waals surface area contributed by atoms with Gasteiger partial charge in [0.15, 0.2) is 0 Å². The summed E-state index contributed by atoms with van der Waals surface area (Å²) in [7, 11) is 0. The molecule has 1 unspecified atom stereocenters. The Morgan fingerprint density at radius 3 is 2.31 bits per heavy atom. The molecule has 0 saturated carbocycles. The fourth-order valence-electron chi connectivity index (χ4n) is 2.36. The Hall–Kier alpha value is -0.610. The maximum absolute atomic E-state index is 11.9. The van der Waals surface area contributed by atoms with E-state index in [1.54, 1.807) is 0 Å². The SMILES string of the molecule is CC(C)(C)OC(=O)C1C[C@H]2CNC[C@@H](C1)O2. The quantitative estimate of drug-likeness (QED) is 0.681. The first-order chi connectivity index (χ1) is 7.44. The van der Waals surface area contributed by atoms with E-state index in [2.05, 4.69) is 5.32 Å². The number of ether oxygens (including phenoxy) is 2. The second-order valence-corrected chi connectivity index (χ2v) is 5.74. The van der Waals surface area contributed by atoms with Gasteiger partial charge in [-0.1, -0.05) is 0 Å². The number of rotatable bonds is 1. The molecule has 2 aliphatic heterocycles. The monoisotopic (exact) mass is 227 g/mol. The number of esters is 1. The summed E-state index contributed by atoms with van der Waals surface area (Å²) < 4.78 is 11.2. The topological polar surface area (TPSA) is 47.6 Å². The molecule has 2 heterocycles. The predicted molar refractivity (Wildman–Crippen MR) is 60.1 cm³/mol. The van der Waals surface area contributed by atoms with Crippen molar-refractivity contribution in [1.82, 2.24) is 5.32 Å². The Morgan fingerprint density at radius 1 is 1.25 bits per heavy atom. The fraction of sp³-hybridized carbons (Fsp3) is 0.917. The van der Waals surface area contributed by atoms with Gasteiger partial charge in [0.1, 0.15) is 5.60 Å². The van der Waals surface area contributed by atoms with Gasteiger partial charge in [0, 0.05) is 13.1 Å². The van der Waals surface area contributed by atoms with E-state index < -0.39 is 0 Å². The molecular weight excluding hydrogens is 206 g/mol. The predicted octanol–water partition coefficient (Wildman–Crippen LogP) is 1.10. The van der Waals surface area contributed by atoms with Gasteiger partial charge in [0.2, 0.25) is 0 Å². The lowest BCUT2D eigenvalue weighted by Crippen LogP contribution is -2.51. The molecule has 2 rings (SSSR count). The number of nitrogens with one attached hydrogen (secondary N) is 1. The Labute approximate surface area is 96.7 Å². The van der Waals surface area contributed by atoms with Crippen LogP contribution in [-0.2, 0) is 14.3 Å². The third-order valence-electron chi connectivity index (χ3n) is 2.96. The van der Waals surface area contributed by atoms with Crippen molar-refractivity contribution >= 4 is 5.97 Å². The van der Waals surface area contributed by atoms with Crippen molar-refractivity contribution in [3.63, 3.8) is 0 Å². The zero-order chi connectivity index (χ0) is 11.8. The summed E-state index contributed by atoms with van der Waals surface area (Å²) in [5, 5.41) is 3.32. The van der Waals surface area contributed by atoms with Crippen LogP contribution in [0.5, 0.6) is 0 Å². The van der Waals surface area contributed by atoms with Gasteiger partial charge in [0.05, 0.1) is 18.1 Å². The number of morpholine rings is 1. The van der Waals surface area contributed by atoms with Crippen LogP contribution in [0.15, 0.2) is 0 Å². The third-order valence-corrected chi connectivity index (χ3v) is 2.96. The summed E-state index contributed by atoms with van der Waals surface area (Å²) in [5.74, 6) is -0.0437. The third kappa shape index (κ3) is 2.95. The molecule has 1 N–H and O–H groups in total.